The van der Waals surface area contributed by atoms with E-state index in [2.05, 4.69) is 16.8 Å². The molecule has 2 heterocycles. The first kappa shape index (κ1) is 15.1. The van der Waals surface area contributed by atoms with E-state index in [4.69, 9.17) is 4.74 Å². The lowest BCUT2D eigenvalue weighted by molar-refractivity contribution is 0.0224. The third-order valence-electron chi connectivity index (χ3n) is 4.51. The summed E-state index contributed by atoms with van der Waals surface area (Å²) in [4.78, 5) is 17.9. The van der Waals surface area contributed by atoms with Crippen LogP contribution in [0.2, 0.25) is 0 Å². The summed E-state index contributed by atoms with van der Waals surface area (Å²) in [6.45, 7) is 7.32. The molecule has 1 aromatic heterocycles. The second-order valence-electron chi connectivity index (χ2n) is 6.45. The molecule has 1 N–H and O–H groups in total. The summed E-state index contributed by atoms with van der Waals surface area (Å²) in [5, 5.41) is 0.923. The summed E-state index contributed by atoms with van der Waals surface area (Å²) in [6.07, 6.45) is 4.13. The van der Waals surface area contributed by atoms with E-state index >= 15 is 0 Å². The second kappa shape index (κ2) is 6.53. The van der Waals surface area contributed by atoms with Crippen LogP contribution in [-0.4, -0.2) is 41.6 Å². The zero-order valence-electron chi connectivity index (χ0n) is 13.3. The summed E-state index contributed by atoms with van der Waals surface area (Å²) < 4.78 is 5.63. The van der Waals surface area contributed by atoms with Gasteiger partial charge in [0.1, 0.15) is 6.10 Å². The van der Waals surface area contributed by atoms with E-state index in [0.29, 0.717) is 5.56 Å². The van der Waals surface area contributed by atoms with Gasteiger partial charge in [-0.1, -0.05) is 25.1 Å². The molecule has 0 bridgehead atoms. The number of nitrogens with one attached hydrogen (secondary N) is 1. The number of para-hydroxylation sites is 1. The maximum Gasteiger partial charge on any atom is 0.340 e. The minimum absolute atomic E-state index is 0.0884. The van der Waals surface area contributed by atoms with Gasteiger partial charge in [-0.05, 0) is 44.8 Å². The second-order valence-corrected chi connectivity index (χ2v) is 6.45. The summed E-state index contributed by atoms with van der Waals surface area (Å²) in [7, 11) is 0. The van der Waals surface area contributed by atoms with Crippen LogP contribution < -0.4 is 0 Å². The van der Waals surface area contributed by atoms with Gasteiger partial charge >= 0.3 is 5.97 Å². The number of hydrogen-bond donors (Lipinski definition) is 1. The Balaban J connectivity index is 1.59. The van der Waals surface area contributed by atoms with Gasteiger partial charge in [0.05, 0.1) is 5.56 Å². The predicted octanol–water partition coefficient (Wildman–Crippen LogP) is 3.45. The molecule has 0 aliphatic carbocycles. The maximum atomic E-state index is 12.4. The molecule has 1 unspecified atom stereocenters. The molecule has 1 aliphatic rings. The summed E-state index contributed by atoms with van der Waals surface area (Å²) in [5.74, 6) is 0.579. The SMILES string of the molecule is CC1CCN(CC(C)OC(=O)c2c[nH]c3ccccc23)CC1. The fourth-order valence-corrected chi connectivity index (χ4v) is 3.13. The van der Waals surface area contributed by atoms with Gasteiger partial charge in [0.25, 0.3) is 0 Å². The number of fused-ring (bicyclic) bond motifs is 1. The van der Waals surface area contributed by atoms with E-state index in [9.17, 15) is 4.79 Å². The van der Waals surface area contributed by atoms with Crippen LogP contribution in [0.25, 0.3) is 10.9 Å². The average molecular weight is 300 g/mol. The van der Waals surface area contributed by atoms with Crippen LogP contribution in [0.3, 0.4) is 0 Å². The highest BCUT2D eigenvalue weighted by atomic mass is 16.5. The number of ether oxygens (including phenoxy) is 1. The Morgan fingerprint density at radius 3 is 2.86 bits per heavy atom. The molecule has 2 aromatic rings. The number of nitrogens with zero attached hydrogens (tertiary/aromatic N) is 1. The van der Waals surface area contributed by atoms with Crippen LogP contribution in [0.1, 0.15) is 37.0 Å². The fraction of sp³-hybridized carbons (Fsp3) is 0.500. The van der Waals surface area contributed by atoms with Crippen molar-refractivity contribution in [3.8, 4) is 0 Å². The van der Waals surface area contributed by atoms with Crippen LogP contribution in [0, 0.1) is 5.92 Å². The molecule has 0 radical (unpaired) electrons. The van der Waals surface area contributed by atoms with Gasteiger partial charge in [0.2, 0.25) is 0 Å². The Bertz CT molecular complexity index is 641. The van der Waals surface area contributed by atoms with Gasteiger partial charge in [-0.25, -0.2) is 4.79 Å². The highest BCUT2D eigenvalue weighted by molar-refractivity contribution is 6.04. The van der Waals surface area contributed by atoms with Crippen molar-refractivity contribution in [3.05, 3.63) is 36.0 Å². The zero-order chi connectivity index (χ0) is 15.5. The van der Waals surface area contributed by atoms with E-state index in [1.807, 2.05) is 31.2 Å². The van der Waals surface area contributed by atoms with E-state index in [-0.39, 0.29) is 12.1 Å². The molecule has 0 saturated carbocycles. The number of likely N-dealkylation sites (tertiary alicyclic amines) is 1. The van der Waals surface area contributed by atoms with Gasteiger partial charge in [-0.3, -0.25) is 4.90 Å². The lowest BCUT2D eigenvalue weighted by Crippen LogP contribution is -2.38. The maximum absolute atomic E-state index is 12.4. The van der Waals surface area contributed by atoms with Crippen molar-refractivity contribution in [1.82, 2.24) is 9.88 Å². The smallest absolute Gasteiger partial charge is 0.340 e. The normalized spacial score (nSPS) is 18.5. The highest BCUT2D eigenvalue weighted by Crippen LogP contribution is 2.20. The number of piperidine rings is 1. The lowest BCUT2D eigenvalue weighted by Gasteiger charge is -2.31. The molecule has 118 valence electrons. The van der Waals surface area contributed by atoms with Crippen molar-refractivity contribution >= 4 is 16.9 Å². The van der Waals surface area contributed by atoms with Crippen LogP contribution >= 0.6 is 0 Å². The molecule has 1 aliphatic heterocycles. The molecule has 4 heteroatoms. The Morgan fingerprint density at radius 2 is 2.09 bits per heavy atom. The van der Waals surface area contributed by atoms with Gasteiger partial charge in [0.15, 0.2) is 0 Å². The number of rotatable bonds is 4. The van der Waals surface area contributed by atoms with Gasteiger partial charge in [-0.15, -0.1) is 0 Å². The van der Waals surface area contributed by atoms with Crippen LogP contribution in [0.4, 0.5) is 0 Å². The van der Waals surface area contributed by atoms with Gasteiger partial charge in [0, 0.05) is 23.6 Å². The lowest BCUT2D eigenvalue weighted by atomic mass is 9.99. The van der Waals surface area contributed by atoms with Crippen molar-refractivity contribution in [3.63, 3.8) is 0 Å². The number of aromatic amines is 1. The largest absolute Gasteiger partial charge is 0.458 e. The standard InChI is InChI=1S/C18H24N2O2/c1-13-7-9-20(10-8-13)12-14(2)22-18(21)16-11-19-17-6-4-3-5-15(16)17/h3-6,11,13-14,19H,7-10,12H2,1-2H3. The average Bonchev–Trinajstić information content (AvgIpc) is 2.93. The Morgan fingerprint density at radius 1 is 1.36 bits per heavy atom. The number of hydrogen-bond acceptors (Lipinski definition) is 3. The molecule has 1 fully saturated rings. The van der Waals surface area contributed by atoms with Crippen molar-refractivity contribution in [2.45, 2.75) is 32.8 Å². The number of H-pyrrole nitrogens is 1. The number of carbonyl (C=O) groups is 1. The predicted molar refractivity (Wildman–Crippen MR) is 88.0 cm³/mol. The molecule has 1 aromatic carbocycles. The number of esters is 1. The number of aromatic nitrogens is 1. The molecule has 1 atom stereocenters. The molecule has 0 spiro atoms. The fourth-order valence-electron chi connectivity index (χ4n) is 3.13. The van der Waals surface area contributed by atoms with Crippen molar-refractivity contribution < 1.29 is 9.53 Å². The Labute approximate surface area is 131 Å². The quantitative estimate of drug-likeness (QED) is 0.880. The number of benzene rings is 1. The third-order valence-corrected chi connectivity index (χ3v) is 4.51. The molecule has 3 rings (SSSR count). The van der Waals surface area contributed by atoms with E-state index < -0.39 is 0 Å². The Kier molecular flexibility index (Phi) is 4.48. The molecule has 4 nitrogen and oxygen atoms in total. The Hall–Kier alpha value is -1.81. The summed E-state index contributed by atoms with van der Waals surface area (Å²) in [5.41, 5.74) is 1.59. The van der Waals surface area contributed by atoms with E-state index in [1.165, 1.54) is 12.8 Å². The number of carbonyl (C=O) groups excluding carboxylic acids is 1. The van der Waals surface area contributed by atoms with Gasteiger partial charge in [-0.2, -0.15) is 0 Å². The molecule has 22 heavy (non-hydrogen) atoms. The summed E-state index contributed by atoms with van der Waals surface area (Å²) in [6, 6.07) is 7.79. The first-order valence-corrected chi connectivity index (χ1v) is 8.13. The topological polar surface area (TPSA) is 45.3 Å². The monoisotopic (exact) mass is 300 g/mol. The first-order valence-electron chi connectivity index (χ1n) is 8.13. The summed E-state index contributed by atoms with van der Waals surface area (Å²) >= 11 is 0. The minimum Gasteiger partial charge on any atom is -0.458 e. The van der Waals surface area contributed by atoms with Crippen LogP contribution in [0.15, 0.2) is 30.5 Å². The third kappa shape index (κ3) is 3.33. The van der Waals surface area contributed by atoms with Gasteiger partial charge < -0.3 is 9.72 Å². The van der Waals surface area contributed by atoms with Crippen LogP contribution in [-0.2, 0) is 4.74 Å². The van der Waals surface area contributed by atoms with Crippen molar-refractivity contribution in [2.75, 3.05) is 19.6 Å². The molecule has 0 amide bonds. The first-order chi connectivity index (χ1) is 10.6. The van der Waals surface area contributed by atoms with E-state index in [1.54, 1.807) is 6.20 Å². The van der Waals surface area contributed by atoms with Crippen molar-refractivity contribution in [1.29, 1.82) is 0 Å². The molecular weight excluding hydrogens is 276 g/mol. The van der Waals surface area contributed by atoms with Crippen molar-refractivity contribution in [2.24, 2.45) is 5.92 Å². The highest BCUT2D eigenvalue weighted by Gasteiger charge is 2.21. The van der Waals surface area contributed by atoms with Crippen LogP contribution in [0.5, 0.6) is 0 Å². The molecular formula is C18H24N2O2. The minimum atomic E-state index is -0.240. The molecule has 1 saturated heterocycles. The van der Waals surface area contributed by atoms with E-state index in [0.717, 1.165) is 36.5 Å². The zero-order valence-corrected chi connectivity index (χ0v) is 13.3.